The van der Waals surface area contributed by atoms with E-state index in [0.717, 1.165) is 13.1 Å². The van der Waals surface area contributed by atoms with Crippen LogP contribution in [0.4, 0.5) is 0 Å². The van der Waals surface area contributed by atoms with Gasteiger partial charge in [0.1, 0.15) is 0 Å². The smallest absolute Gasteiger partial charge is 0.235 e. The quantitative estimate of drug-likeness (QED) is 0.614. The Balaban J connectivity index is 2.13. The molecule has 0 saturated carbocycles. The molecule has 12 heavy (non-hydrogen) atoms. The molecule has 2 aliphatic heterocycles. The molecule has 3 nitrogen and oxygen atoms in total. The van der Waals surface area contributed by atoms with Crippen LogP contribution in [0.25, 0.3) is 0 Å². The fraction of sp³-hybridized carbons (Fsp3) is 0.889. The molecule has 1 atom stereocenters. The second kappa shape index (κ2) is 3.05. The Labute approximate surface area is 72.9 Å². The Kier molecular flexibility index (Phi) is 2.05. The number of hydrogen-bond acceptors (Lipinski definition) is 2. The fourth-order valence-corrected chi connectivity index (χ4v) is 2.67. The minimum Gasteiger partial charge on any atom is -0.368 e. The first-order chi connectivity index (χ1) is 5.79. The van der Waals surface area contributed by atoms with Crippen LogP contribution in [0.5, 0.6) is 0 Å². The van der Waals surface area contributed by atoms with E-state index in [9.17, 15) is 4.79 Å². The molecule has 0 aromatic heterocycles. The van der Waals surface area contributed by atoms with E-state index in [1.165, 1.54) is 25.7 Å². The highest BCUT2D eigenvalue weighted by Crippen LogP contribution is 2.31. The molecule has 1 unspecified atom stereocenters. The minimum absolute atomic E-state index is 0.0625. The molecule has 2 N–H and O–H groups in total. The second-order valence-electron chi connectivity index (χ2n) is 3.93. The first kappa shape index (κ1) is 8.05. The molecule has 2 saturated heterocycles. The van der Waals surface area contributed by atoms with Crippen LogP contribution in [0.1, 0.15) is 25.7 Å². The average molecular weight is 168 g/mol. The molecule has 68 valence electrons. The molecule has 2 aliphatic rings. The number of nitrogens with zero attached hydrogens (tertiary/aromatic N) is 1. The molecular weight excluding hydrogens is 152 g/mol. The molecule has 0 aromatic rings. The number of rotatable bonds is 1. The Morgan fingerprint density at radius 1 is 1.25 bits per heavy atom. The maximum absolute atomic E-state index is 11.1. The van der Waals surface area contributed by atoms with Crippen molar-refractivity contribution in [1.82, 2.24) is 4.90 Å². The summed E-state index contributed by atoms with van der Waals surface area (Å²) in [6, 6.07) is 0.0625. The van der Waals surface area contributed by atoms with Crippen LogP contribution < -0.4 is 5.73 Å². The lowest BCUT2D eigenvalue weighted by molar-refractivity contribution is -0.128. The van der Waals surface area contributed by atoms with Crippen molar-refractivity contribution in [1.29, 1.82) is 0 Å². The van der Waals surface area contributed by atoms with Crippen LogP contribution >= 0.6 is 0 Å². The normalized spacial score (nSPS) is 40.8. The maximum atomic E-state index is 11.1. The van der Waals surface area contributed by atoms with Gasteiger partial charge in [-0.2, -0.15) is 0 Å². The summed E-state index contributed by atoms with van der Waals surface area (Å²) in [5.74, 6) is 0.449. The average Bonchev–Trinajstić information content (AvgIpc) is 2.02. The number of carbonyl (C=O) groups is 1. The zero-order chi connectivity index (χ0) is 8.55. The summed E-state index contributed by atoms with van der Waals surface area (Å²) >= 11 is 0. The summed E-state index contributed by atoms with van der Waals surface area (Å²) in [6.07, 6.45) is 4.89. The topological polar surface area (TPSA) is 46.3 Å². The first-order valence-corrected chi connectivity index (χ1v) is 4.82. The van der Waals surface area contributed by atoms with E-state index in [0.29, 0.717) is 5.92 Å². The third-order valence-electron chi connectivity index (χ3n) is 3.17. The van der Waals surface area contributed by atoms with Crippen LogP contribution in [0.3, 0.4) is 0 Å². The van der Waals surface area contributed by atoms with E-state index < -0.39 is 0 Å². The lowest BCUT2D eigenvalue weighted by atomic mass is 9.82. The zero-order valence-corrected chi connectivity index (χ0v) is 7.33. The van der Waals surface area contributed by atoms with Gasteiger partial charge >= 0.3 is 0 Å². The van der Waals surface area contributed by atoms with Crippen molar-refractivity contribution in [2.45, 2.75) is 31.7 Å². The summed E-state index contributed by atoms with van der Waals surface area (Å²) in [7, 11) is 0. The number of piperidine rings is 2. The number of amides is 1. The van der Waals surface area contributed by atoms with Crippen molar-refractivity contribution < 1.29 is 4.79 Å². The Morgan fingerprint density at radius 3 is 2.17 bits per heavy atom. The standard InChI is InChI=1S/C9H16N2O/c10-9(12)8-7-3-1-5-11(8)6-2-4-7/h7-8H,1-6H2,(H2,10,12). The van der Waals surface area contributed by atoms with Crippen molar-refractivity contribution in [3.8, 4) is 0 Å². The van der Waals surface area contributed by atoms with E-state index in [1.807, 2.05) is 0 Å². The summed E-state index contributed by atoms with van der Waals surface area (Å²) in [5, 5.41) is 0. The van der Waals surface area contributed by atoms with Gasteiger partial charge in [-0.1, -0.05) is 0 Å². The first-order valence-electron chi connectivity index (χ1n) is 4.82. The predicted molar refractivity (Wildman–Crippen MR) is 46.5 cm³/mol. The van der Waals surface area contributed by atoms with Crippen LogP contribution in [0, 0.1) is 5.92 Å². The molecule has 2 fully saturated rings. The van der Waals surface area contributed by atoms with Gasteiger partial charge in [-0.05, 0) is 44.7 Å². The van der Waals surface area contributed by atoms with E-state index in [1.54, 1.807) is 0 Å². The predicted octanol–water partition coefficient (Wildman–Crippen LogP) is 0.346. The van der Waals surface area contributed by atoms with Crippen LogP contribution in [0.15, 0.2) is 0 Å². The lowest BCUT2D eigenvalue weighted by Gasteiger charge is -2.43. The van der Waals surface area contributed by atoms with Crippen molar-refractivity contribution in [2.24, 2.45) is 11.7 Å². The number of fused-ring (bicyclic) bond motifs is 2. The van der Waals surface area contributed by atoms with E-state index >= 15 is 0 Å². The Bertz CT molecular complexity index is 171. The molecule has 0 aliphatic carbocycles. The van der Waals surface area contributed by atoms with Gasteiger partial charge in [-0.3, -0.25) is 9.69 Å². The number of nitrogens with two attached hydrogens (primary N) is 1. The number of hydrogen-bond donors (Lipinski definition) is 1. The van der Waals surface area contributed by atoms with Gasteiger partial charge in [0.25, 0.3) is 0 Å². The fourth-order valence-electron chi connectivity index (χ4n) is 2.67. The minimum atomic E-state index is -0.112. The Morgan fingerprint density at radius 2 is 1.83 bits per heavy atom. The maximum Gasteiger partial charge on any atom is 0.235 e. The van der Waals surface area contributed by atoms with Crippen molar-refractivity contribution in [3.63, 3.8) is 0 Å². The summed E-state index contributed by atoms with van der Waals surface area (Å²) in [6.45, 7) is 2.15. The molecule has 2 heterocycles. The van der Waals surface area contributed by atoms with Crippen LogP contribution in [-0.4, -0.2) is 29.9 Å². The van der Waals surface area contributed by atoms with Gasteiger partial charge in [-0.25, -0.2) is 0 Å². The third kappa shape index (κ3) is 1.22. The summed E-state index contributed by atoms with van der Waals surface area (Å²) < 4.78 is 0. The van der Waals surface area contributed by atoms with Gasteiger partial charge in [0.15, 0.2) is 0 Å². The number of carbonyl (C=O) groups excluding carboxylic acids is 1. The van der Waals surface area contributed by atoms with Crippen LogP contribution in [-0.2, 0) is 4.79 Å². The van der Waals surface area contributed by atoms with Gasteiger partial charge in [0.2, 0.25) is 5.91 Å². The van der Waals surface area contributed by atoms with Gasteiger partial charge in [0, 0.05) is 0 Å². The summed E-state index contributed by atoms with van der Waals surface area (Å²) in [4.78, 5) is 13.4. The zero-order valence-electron chi connectivity index (χ0n) is 7.33. The largest absolute Gasteiger partial charge is 0.368 e. The third-order valence-corrected chi connectivity index (χ3v) is 3.17. The van der Waals surface area contributed by atoms with E-state index in [4.69, 9.17) is 5.73 Å². The lowest BCUT2D eigenvalue weighted by Crippen LogP contribution is -2.55. The van der Waals surface area contributed by atoms with E-state index in [2.05, 4.69) is 4.90 Å². The van der Waals surface area contributed by atoms with Gasteiger partial charge in [0.05, 0.1) is 6.04 Å². The van der Waals surface area contributed by atoms with Gasteiger partial charge < -0.3 is 5.73 Å². The molecule has 1 amide bonds. The van der Waals surface area contributed by atoms with Crippen molar-refractivity contribution >= 4 is 5.91 Å². The molecule has 0 radical (unpaired) electrons. The van der Waals surface area contributed by atoms with Crippen molar-refractivity contribution in [2.75, 3.05) is 13.1 Å². The molecule has 3 heteroatoms. The highest BCUT2D eigenvalue weighted by molar-refractivity contribution is 5.80. The molecule has 0 spiro atoms. The summed E-state index contributed by atoms with van der Waals surface area (Å²) in [5.41, 5.74) is 5.38. The van der Waals surface area contributed by atoms with E-state index in [-0.39, 0.29) is 11.9 Å². The molecular formula is C9H16N2O. The Hall–Kier alpha value is -0.570. The monoisotopic (exact) mass is 168 g/mol. The molecule has 2 rings (SSSR count). The highest BCUT2D eigenvalue weighted by atomic mass is 16.1. The van der Waals surface area contributed by atoms with Gasteiger partial charge in [-0.15, -0.1) is 0 Å². The molecule has 0 aromatic carbocycles. The number of primary amides is 1. The SMILES string of the molecule is NC(=O)C1C2CCCN1CCC2. The van der Waals surface area contributed by atoms with Crippen molar-refractivity contribution in [3.05, 3.63) is 0 Å². The van der Waals surface area contributed by atoms with Crippen LogP contribution in [0.2, 0.25) is 0 Å². The second-order valence-corrected chi connectivity index (χ2v) is 3.93. The highest BCUT2D eigenvalue weighted by Gasteiger charge is 2.37. The molecule has 2 bridgehead atoms.